The first-order chi connectivity index (χ1) is 13.2. The molecule has 1 atom stereocenters. The lowest BCUT2D eigenvalue weighted by atomic mass is 10.0. The highest BCUT2D eigenvalue weighted by Crippen LogP contribution is 2.13. The van der Waals surface area contributed by atoms with Crippen LogP contribution in [0.5, 0.6) is 5.75 Å². The minimum atomic E-state index is -0.464. The van der Waals surface area contributed by atoms with Crippen LogP contribution >= 0.6 is 0 Å². The van der Waals surface area contributed by atoms with Gasteiger partial charge in [-0.25, -0.2) is 0 Å². The van der Waals surface area contributed by atoms with Gasteiger partial charge in [-0.15, -0.1) is 11.8 Å². The summed E-state index contributed by atoms with van der Waals surface area (Å²) in [5.74, 6) is 6.93. The lowest BCUT2D eigenvalue weighted by Gasteiger charge is -2.10. The van der Waals surface area contributed by atoms with Crippen LogP contribution in [-0.4, -0.2) is 24.9 Å². The molecule has 3 nitrogen and oxygen atoms in total. The smallest absolute Gasteiger partial charge is 0.118 e. The number of hydrogen-bond donors (Lipinski definition) is 1. The van der Waals surface area contributed by atoms with Crippen molar-refractivity contribution in [3.8, 4) is 17.6 Å². The molecule has 0 saturated carbocycles. The Morgan fingerprint density at radius 3 is 2.48 bits per heavy atom. The standard InChI is InChI=1S/C24H28O3/c1-20(17-21-9-5-3-6-10-21)18-23(25)11-7-4-8-16-27-19-22-12-14-24(26-2)15-13-22/h3,5-6,9-10,12-15,23,25H,1,8,11,16-19H2,2H3. The second-order valence-corrected chi connectivity index (χ2v) is 6.48. The second kappa shape index (κ2) is 12.0. The molecule has 0 aliphatic rings. The predicted octanol–water partition coefficient (Wildman–Crippen LogP) is 4.55. The molecule has 0 fully saturated rings. The zero-order valence-corrected chi connectivity index (χ0v) is 16.0. The van der Waals surface area contributed by atoms with Crippen molar-refractivity contribution in [2.45, 2.75) is 38.4 Å². The Labute approximate surface area is 162 Å². The molecule has 1 unspecified atom stereocenters. The van der Waals surface area contributed by atoms with Gasteiger partial charge in [0.2, 0.25) is 0 Å². The molecule has 0 spiro atoms. The topological polar surface area (TPSA) is 38.7 Å². The molecule has 0 amide bonds. The van der Waals surface area contributed by atoms with E-state index in [4.69, 9.17) is 9.47 Å². The SMILES string of the molecule is C=C(Cc1ccccc1)CC(O)CC#CCCOCc1ccc(OC)cc1. The van der Waals surface area contributed by atoms with Crippen molar-refractivity contribution in [3.05, 3.63) is 77.9 Å². The highest BCUT2D eigenvalue weighted by Gasteiger charge is 2.05. The van der Waals surface area contributed by atoms with Crippen LogP contribution in [0.1, 0.15) is 30.4 Å². The summed E-state index contributed by atoms with van der Waals surface area (Å²) >= 11 is 0. The summed E-state index contributed by atoms with van der Waals surface area (Å²) in [6.45, 7) is 5.20. The highest BCUT2D eigenvalue weighted by atomic mass is 16.5. The average molecular weight is 364 g/mol. The number of hydrogen-bond acceptors (Lipinski definition) is 3. The van der Waals surface area contributed by atoms with E-state index in [2.05, 4.69) is 30.6 Å². The Morgan fingerprint density at radius 1 is 1.04 bits per heavy atom. The molecule has 0 aliphatic heterocycles. The van der Waals surface area contributed by atoms with Gasteiger partial charge in [-0.2, -0.15) is 0 Å². The lowest BCUT2D eigenvalue weighted by molar-refractivity contribution is 0.126. The largest absolute Gasteiger partial charge is 0.497 e. The zero-order valence-electron chi connectivity index (χ0n) is 16.0. The number of aliphatic hydroxyl groups is 1. The third-order valence-electron chi connectivity index (χ3n) is 4.08. The molecule has 142 valence electrons. The number of rotatable bonds is 10. The van der Waals surface area contributed by atoms with Crippen LogP contribution in [0.3, 0.4) is 0 Å². The van der Waals surface area contributed by atoms with Gasteiger partial charge in [0.15, 0.2) is 0 Å². The van der Waals surface area contributed by atoms with Gasteiger partial charge < -0.3 is 14.6 Å². The van der Waals surface area contributed by atoms with Crippen LogP contribution in [0.4, 0.5) is 0 Å². The van der Waals surface area contributed by atoms with E-state index in [-0.39, 0.29) is 0 Å². The van der Waals surface area contributed by atoms with E-state index >= 15 is 0 Å². The van der Waals surface area contributed by atoms with Gasteiger partial charge in [0.25, 0.3) is 0 Å². The van der Waals surface area contributed by atoms with Crippen LogP contribution in [0, 0.1) is 11.8 Å². The number of methoxy groups -OCH3 is 1. The minimum absolute atomic E-state index is 0.464. The molecule has 0 radical (unpaired) electrons. The molecule has 1 N–H and O–H groups in total. The zero-order chi connectivity index (χ0) is 19.3. The molecule has 2 aromatic rings. The molecular formula is C24H28O3. The first-order valence-corrected chi connectivity index (χ1v) is 9.22. The third kappa shape index (κ3) is 8.59. The van der Waals surface area contributed by atoms with E-state index in [0.29, 0.717) is 32.5 Å². The van der Waals surface area contributed by atoms with Gasteiger partial charge in [-0.05, 0) is 36.1 Å². The van der Waals surface area contributed by atoms with Crippen molar-refractivity contribution >= 4 is 0 Å². The summed E-state index contributed by atoms with van der Waals surface area (Å²) in [4.78, 5) is 0. The number of ether oxygens (including phenoxy) is 2. The summed E-state index contributed by atoms with van der Waals surface area (Å²) < 4.78 is 10.7. The van der Waals surface area contributed by atoms with Crippen LogP contribution < -0.4 is 4.74 Å². The molecule has 2 rings (SSSR count). The van der Waals surface area contributed by atoms with Crippen LogP contribution in [-0.2, 0) is 17.8 Å². The molecule has 0 aliphatic carbocycles. The van der Waals surface area contributed by atoms with Crippen molar-refractivity contribution in [2.24, 2.45) is 0 Å². The molecule has 0 aromatic heterocycles. The molecule has 0 heterocycles. The van der Waals surface area contributed by atoms with Crippen molar-refractivity contribution < 1.29 is 14.6 Å². The Balaban J connectivity index is 1.57. The van der Waals surface area contributed by atoms with Gasteiger partial charge in [0.1, 0.15) is 5.75 Å². The summed E-state index contributed by atoms with van der Waals surface area (Å²) in [7, 11) is 1.65. The summed E-state index contributed by atoms with van der Waals surface area (Å²) in [6.07, 6.45) is 2.04. The molecule has 3 heteroatoms. The maximum atomic E-state index is 10.1. The first kappa shape index (κ1) is 20.8. The monoisotopic (exact) mass is 364 g/mol. The maximum absolute atomic E-state index is 10.1. The summed E-state index contributed by atoms with van der Waals surface area (Å²) in [5, 5.41) is 10.1. The fourth-order valence-electron chi connectivity index (χ4n) is 2.68. The molecule has 2 aromatic carbocycles. The van der Waals surface area contributed by atoms with E-state index < -0.39 is 6.10 Å². The van der Waals surface area contributed by atoms with Gasteiger partial charge in [-0.1, -0.05) is 54.6 Å². The normalized spacial score (nSPS) is 11.3. The van der Waals surface area contributed by atoms with E-state index in [0.717, 1.165) is 23.3 Å². The molecule has 0 saturated heterocycles. The summed E-state index contributed by atoms with van der Waals surface area (Å²) in [6, 6.07) is 18.0. The Hall–Kier alpha value is -2.54. The molecule has 0 bridgehead atoms. The van der Waals surface area contributed by atoms with Gasteiger partial charge in [0.05, 0.1) is 26.4 Å². The van der Waals surface area contributed by atoms with E-state index in [1.54, 1.807) is 7.11 Å². The molecule has 27 heavy (non-hydrogen) atoms. The Bertz CT molecular complexity index is 739. The van der Waals surface area contributed by atoms with Crippen LogP contribution in [0.25, 0.3) is 0 Å². The van der Waals surface area contributed by atoms with Gasteiger partial charge in [-0.3, -0.25) is 0 Å². The van der Waals surface area contributed by atoms with Crippen molar-refractivity contribution in [1.29, 1.82) is 0 Å². The lowest BCUT2D eigenvalue weighted by Crippen LogP contribution is -2.07. The van der Waals surface area contributed by atoms with E-state index in [1.807, 2.05) is 42.5 Å². The Kier molecular flexibility index (Phi) is 9.20. The first-order valence-electron chi connectivity index (χ1n) is 9.22. The van der Waals surface area contributed by atoms with Crippen LogP contribution in [0.15, 0.2) is 66.7 Å². The van der Waals surface area contributed by atoms with Crippen LogP contribution in [0.2, 0.25) is 0 Å². The van der Waals surface area contributed by atoms with E-state index in [1.165, 1.54) is 5.56 Å². The predicted molar refractivity (Wildman–Crippen MR) is 110 cm³/mol. The quantitative estimate of drug-likeness (QED) is 0.382. The average Bonchev–Trinajstić information content (AvgIpc) is 2.68. The third-order valence-corrected chi connectivity index (χ3v) is 4.08. The van der Waals surface area contributed by atoms with Crippen molar-refractivity contribution in [1.82, 2.24) is 0 Å². The van der Waals surface area contributed by atoms with Crippen molar-refractivity contribution in [3.63, 3.8) is 0 Å². The molecular weight excluding hydrogens is 336 g/mol. The fraction of sp³-hybridized carbons (Fsp3) is 0.333. The minimum Gasteiger partial charge on any atom is -0.497 e. The Morgan fingerprint density at radius 2 is 1.78 bits per heavy atom. The second-order valence-electron chi connectivity index (χ2n) is 6.48. The number of benzene rings is 2. The fourth-order valence-corrected chi connectivity index (χ4v) is 2.68. The highest BCUT2D eigenvalue weighted by molar-refractivity contribution is 5.26. The van der Waals surface area contributed by atoms with Crippen molar-refractivity contribution in [2.75, 3.05) is 13.7 Å². The van der Waals surface area contributed by atoms with Gasteiger partial charge >= 0.3 is 0 Å². The van der Waals surface area contributed by atoms with Gasteiger partial charge in [0, 0.05) is 12.8 Å². The number of aliphatic hydroxyl groups excluding tert-OH is 1. The maximum Gasteiger partial charge on any atom is 0.118 e. The summed E-state index contributed by atoms with van der Waals surface area (Å²) in [5.41, 5.74) is 3.35. The van der Waals surface area contributed by atoms with E-state index in [9.17, 15) is 5.11 Å².